The number of halogens is 1. The van der Waals surface area contributed by atoms with Crippen LogP contribution in [0.3, 0.4) is 0 Å². The van der Waals surface area contributed by atoms with Crippen molar-refractivity contribution in [1.29, 1.82) is 0 Å². The zero-order valence-corrected chi connectivity index (χ0v) is 16.0. The van der Waals surface area contributed by atoms with Crippen molar-refractivity contribution in [2.75, 3.05) is 5.32 Å². The van der Waals surface area contributed by atoms with Gasteiger partial charge < -0.3 is 9.73 Å². The molecular formula is C19H18ClN3O2S. The Bertz CT molecular complexity index is 899. The fraction of sp³-hybridized carbons (Fsp3) is 0.211. The summed E-state index contributed by atoms with van der Waals surface area (Å²) in [5.74, 6) is 0.375. The van der Waals surface area contributed by atoms with Gasteiger partial charge in [-0.05, 0) is 37.1 Å². The molecule has 0 radical (unpaired) electrons. The fourth-order valence-corrected chi connectivity index (χ4v) is 3.18. The number of thioether (sulfide) groups is 1. The zero-order valence-electron chi connectivity index (χ0n) is 14.4. The van der Waals surface area contributed by atoms with Crippen LogP contribution in [0.1, 0.15) is 23.9 Å². The number of carbonyl (C=O) groups excluding carboxylic acids is 1. The summed E-state index contributed by atoms with van der Waals surface area (Å²) >= 11 is 7.31. The van der Waals surface area contributed by atoms with E-state index in [-0.39, 0.29) is 5.91 Å². The van der Waals surface area contributed by atoms with E-state index in [0.717, 1.165) is 11.1 Å². The van der Waals surface area contributed by atoms with Gasteiger partial charge in [0, 0.05) is 10.7 Å². The first kappa shape index (κ1) is 18.5. The fourth-order valence-electron chi connectivity index (χ4n) is 2.31. The first-order valence-electron chi connectivity index (χ1n) is 8.12. The van der Waals surface area contributed by atoms with Gasteiger partial charge in [0.05, 0.1) is 11.7 Å². The third-order valence-corrected chi connectivity index (χ3v) is 5.16. The number of hydrogen-bond donors (Lipinski definition) is 1. The molecule has 1 heterocycles. The summed E-state index contributed by atoms with van der Waals surface area (Å²) in [7, 11) is 0. The Labute approximate surface area is 161 Å². The zero-order chi connectivity index (χ0) is 18.5. The molecule has 7 heteroatoms. The highest BCUT2D eigenvalue weighted by Crippen LogP contribution is 2.26. The predicted molar refractivity (Wildman–Crippen MR) is 104 cm³/mol. The molecule has 1 aromatic heterocycles. The number of benzene rings is 2. The molecule has 0 fully saturated rings. The lowest BCUT2D eigenvalue weighted by molar-refractivity contribution is -0.115. The molecule has 0 aliphatic rings. The lowest BCUT2D eigenvalue weighted by Crippen LogP contribution is -2.22. The van der Waals surface area contributed by atoms with E-state index in [4.69, 9.17) is 16.0 Å². The van der Waals surface area contributed by atoms with Gasteiger partial charge in [-0.3, -0.25) is 4.79 Å². The number of carbonyl (C=O) groups is 1. The minimum absolute atomic E-state index is 0.150. The molecule has 0 bridgehead atoms. The van der Waals surface area contributed by atoms with Gasteiger partial charge in [0.1, 0.15) is 0 Å². The largest absolute Gasteiger partial charge is 0.416 e. The van der Waals surface area contributed by atoms with E-state index in [1.165, 1.54) is 11.8 Å². The number of nitrogens with zero attached hydrogens (tertiary/aromatic N) is 2. The molecule has 26 heavy (non-hydrogen) atoms. The SMILES string of the molecule is Cc1c(Cl)cccc1NC(=O)[C@@H](C)Sc1nnc(Cc2ccccc2)o1. The van der Waals surface area contributed by atoms with Gasteiger partial charge in [0.15, 0.2) is 0 Å². The summed E-state index contributed by atoms with van der Waals surface area (Å²) in [6, 6.07) is 15.3. The molecule has 0 aliphatic heterocycles. The predicted octanol–water partition coefficient (Wildman–Crippen LogP) is 4.74. The van der Waals surface area contributed by atoms with Gasteiger partial charge in [0.2, 0.25) is 11.8 Å². The van der Waals surface area contributed by atoms with E-state index < -0.39 is 5.25 Å². The van der Waals surface area contributed by atoms with Gasteiger partial charge in [-0.25, -0.2) is 0 Å². The molecule has 134 valence electrons. The van der Waals surface area contributed by atoms with Crippen molar-refractivity contribution in [3.05, 3.63) is 70.6 Å². The molecule has 0 spiro atoms. The highest BCUT2D eigenvalue weighted by molar-refractivity contribution is 8.00. The molecule has 0 saturated heterocycles. The van der Waals surface area contributed by atoms with Gasteiger partial charge in [-0.2, -0.15) is 0 Å². The average Bonchev–Trinajstić information content (AvgIpc) is 3.06. The highest BCUT2D eigenvalue weighted by atomic mass is 35.5. The molecular weight excluding hydrogens is 370 g/mol. The van der Waals surface area contributed by atoms with E-state index in [0.29, 0.717) is 28.2 Å². The maximum absolute atomic E-state index is 12.4. The van der Waals surface area contributed by atoms with E-state index in [1.54, 1.807) is 19.1 Å². The summed E-state index contributed by atoms with van der Waals surface area (Å²) in [4.78, 5) is 12.4. The van der Waals surface area contributed by atoms with Crippen molar-refractivity contribution < 1.29 is 9.21 Å². The highest BCUT2D eigenvalue weighted by Gasteiger charge is 2.19. The lowest BCUT2D eigenvalue weighted by Gasteiger charge is -2.12. The van der Waals surface area contributed by atoms with Crippen LogP contribution in [-0.2, 0) is 11.2 Å². The summed E-state index contributed by atoms with van der Waals surface area (Å²) < 4.78 is 5.64. The molecule has 3 rings (SSSR count). The van der Waals surface area contributed by atoms with Crippen molar-refractivity contribution in [2.45, 2.75) is 30.7 Å². The second-order valence-corrected chi connectivity index (χ2v) is 7.49. The summed E-state index contributed by atoms with van der Waals surface area (Å²) in [5.41, 5.74) is 2.63. The van der Waals surface area contributed by atoms with Crippen LogP contribution in [0.25, 0.3) is 0 Å². The normalized spacial score (nSPS) is 12.0. The molecule has 0 unspecified atom stereocenters. The second kappa shape index (κ2) is 8.38. The number of aromatic nitrogens is 2. The third-order valence-electron chi connectivity index (χ3n) is 3.82. The average molecular weight is 388 g/mol. The topological polar surface area (TPSA) is 68.0 Å². The Hall–Kier alpha value is -2.31. The number of hydrogen-bond acceptors (Lipinski definition) is 5. The van der Waals surface area contributed by atoms with Gasteiger partial charge in [-0.1, -0.05) is 59.8 Å². The van der Waals surface area contributed by atoms with E-state index in [1.807, 2.05) is 43.3 Å². The molecule has 5 nitrogen and oxygen atoms in total. The molecule has 1 atom stereocenters. The smallest absolute Gasteiger partial charge is 0.277 e. The van der Waals surface area contributed by atoms with Crippen molar-refractivity contribution in [2.24, 2.45) is 0 Å². The van der Waals surface area contributed by atoms with Gasteiger partial charge in [-0.15, -0.1) is 10.2 Å². The maximum Gasteiger partial charge on any atom is 0.277 e. The van der Waals surface area contributed by atoms with Crippen LogP contribution < -0.4 is 5.32 Å². The van der Waals surface area contributed by atoms with Crippen molar-refractivity contribution in [1.82, 2.24) is 10.2 Å². The monoisotopic (exact) mass is 387 g/mol. The van der Waals surface area contributed by atoms with Crippen molar-refractivity contribution >= 4 is 35.0 Å². The number of rotatable bonds is 6. The lowest BCUT2D eigenvalue weighted by atomic mass is 10.2. The van der Waals surface area contributed by atoms with Gasteiger partial charge in [0.25, 0.3) is 5.22 Å². The minimum atomic E-state index is -0.390. The quantitative estimate of drug-likeness (QED) is 0.618. The molecule has 0 saturated carbocycles. The first-order valence-corrected chi connectivity index (χ1v) is 9.37. The van der Waals surface area contributed by atoms with Crippen molar-refractivity contribution in [3.63, 3.8) is 0 Å². The molecule has 1 amide bonds. The van der Waals surface area contributed by atoms with Crippen LogP contribution in [-0.4, -0.2) is 21.4 Å². The molecule has 0 aliphatic carbocycles. The minimum Gasteiger partial charge on any atom is -0.416 e. The Kier molecular flexibility index (Phi) is 5.96. The van der Waals surface area contributed by atoms with E-state index in [2.05, 4.69) is 15.5 Å². The van der Waals surface area contributed by atoms with Crippen LogP contribution in [0.15, 0.2) is 58.2 Å². The van der Waals surface area contributed by atoms with E-state index >= 15 is 0 Å². The number of nitrogens with one attached hydrogen (secondary N) is 1. The Morgan fingerprint density at radius 1 is 1.19 bits per heavy atom. The molecule has 3 aromatic rings. The first-order chi connectivity index (χ1) is 12.5. The summed E-state index contributed by atoms with van der Waals surface area (Å²) in [6.45, 7) is 3.66. The van der Waals surface area contributed by atoms with Crippen LogP contribution in [0.2, 0.25) is 5.02 Å². The van der Waals surface area contributed by atoms with E-state index in [9.17, 15) is 4.79 Å². The van der Waals surface area contributed by atoms with Crippen molar-refractivity contribution in [3.8, 4) is 0 Å². The van der Waals surface area contributed by atoms with Crippen LogP contribution in [0.4, 0.5) is 5.69 Å². The number of amides is 1. The number of anilines is 1. The second-order valence-electron chi connectivity index (χ2n) is 5.79. The van der Waals surface area contributed by atoms with Crippen LogP contribution >= 0.6 is 23.4 Å². The Morgan fingerprint density at radius 2 is 1.96 bits per heavy atom. The Morgan fingerprint density at radius 3 is 2.73 bits per heavy atom. The van der Waals surface area contributed by atoms with Crippen LogP contribution in [0, 0.1) is 6.92 Å². The Balaban J connectivity index is 1.60. The van der Waals surface area contributed by atoms with Crippen LogP contribution in [0.5, 0.6) is 0 Å². The summed E-state index contributed by atoms with van der Waals surface area (Å²) in [6.07, 6.45) is 0.566. The van der Waals surface area contributed by atoms with Gasteiger partial charge >= 0.3 is 0 Å². The maximum atomic E-state index is 12.4. The standard InChI is InChI=1S/C19H18ClN3O2S/c1-12-15(20)9-6-10-16(12)21-18(24)13(2)26-19-23-22-17(25-19)11-14-7-4-3-5-8-14/h3-10,13H,11H2,1-2H3,(H,21,24)/t13-/m1/s1. The molecule has 2 aromatic carbocycles. The summed E-state index contributed by atoms with van der Waals surface area (Å²) in [5, 5.41) is 11.6. The third kappa shape index (κ3) is 4.65. The molecule has 1 N–H and O–H groups in total.